The molecular weight excluding hydrogens is 131 g/mol. The van der Waals surface area contributed by atoms with Crippen LogP contribution in [0, 0.1) is 0 Å². The predicted molar refractivity (Wildman–Crippen MR) is 28.9 cm³/mol. The Morgan fingerprint density at radius 1 is 1.88 bits per heavy atom. The summed E-state index contributed by atoms with van der Waals surface area (Å²) in [6, 6.07) is 0. The Balaban J connectivity index is 3.91. The monoisotopic (exact) mass is 138 g/mol. The minimum Gasteiger partial charge on any atom is -0.478 e. The van der Waals surface area contributed by atoms with Crippen LogP contribution in [0.2, 0.25) is 0 Å². The van der Waals surface area contributed by atoms with Crippen LogP contribution in [-0.2, 0) is 9.53 Å². The third-order valence-corrected chi connectivity index (χ3v) is 1.08. The van der Waals surface area contributed by atoms with Crippen molar-refractivity contribution in [1.82, 2.24) is 0 Å². The van der Waals surface area contributed by atoms with Crippen molar-refractivity contribution in [3.8, 4) is 0 Å². The van der Waals surface area contributed by atoms with Gasteiger partial charge in [0.2, 0.25) is 5.06 Å². The quantitative estimate of drug-likeness (QED) is 0.571. The summed E-state index contributed by atoms with van der Waals surface area (Å²) in [5.41, 5.74) is 0. The highest BCUT2D eigenvalue weighted by Gasteiger charge is 2.29. The van der Waals surface area contributed by atoms with E-state index < -0.39 is 11.0 Å². The Morgan fingerprint density at radius 2 is 2.25 bits per heavy atom. The van der Waals surface area contributed by atoms with Gasteiger partial charge in [0.15, 0.2) is 0 Å². The van der Waals surface area contributed by atoms with E-state index in [2.05, 4.69) is 4.74 Å². The van der Waals surface area contributed by atoms with Crippen molar-refractivity contribution in [2.24, 2.45) is 0 Å². The second-order valence-corrected chi connectivity index (χ2v) is 2.15. The summed E-state index contributed by atoms with van der Waals surface area (Å²) in [5, 5.41) is 6.61. The molecule has 0 aromatic heterocycles. The Morgan fingerprint density at radius 3 is 2.25 bits per heavy atom. The first-order chi connectivity index (χ1) is 3.50. The summed E-state index contributed by atoms with van der Waals surface area (Å²) in [6.45, 7) is 1.26. The number of carboxylic acid groups (broad SMARTS) is 1. The number of rotatable bonds is 2. The zero-order chi connectivity index (χ0) is 6.78. The van der Waals surface area contributed by atoms with Gasteiger partial charge in [0.25, 0.3) is 0 Å². The smallest absolute Gasteiger partial charge is 0.351 e. The van der Waals surface area contributed by atoms with Crippen molar-refractivity contribution in [3.63, 3.8) is 0 Å². The van der Waals surface area contributed by atoms with Gasteiger partial charge in [-0.15, -0.1) is 0 Å². The Kier molecular flexibility index (Phi) is 2.25. The Bertz CT molecular complexity index is 99.5. The number of hydrogen-bond acceptors (Lipinski definition) is 2. The number of carboxylic acids is 1. The lowest BCUT2D eigenvalue weighted by Gasteiger charge is -2.12. The fraction of sp³-hybridized carbons (Fsp3) is 0.750. The second kappa shape index (κ2) is 2.33. The molecule has 0 aromatic rings. The lowest BCUT2D eigenvalue weighted by Crippen LogP contribution is -2.30. The van der Waals surface area contributed by atoms with Crippen LogP contribution in [-0.4, -0.2) is 23.2 Å². The third kappa shape index (κ3) is 1.68. The van der Waals surface area contributed by atoms with E-state index in [4.69, 9.17) is 16.7 Å². The highest BCUT2D eigenvalue weighted by Crippen LogP contribution is 2.13. The summed E-state index contributed by atoms with van der Waals surface area (Å²) in [5.74, 6) is -1.18. The van der Waals surface area contributed by atoms with E-state index in [9.17, 15) is 4.79 Å². The molecule has 0 aliphatic heterocycles. The Hall–Kier alpha value is -0.280. The minimum absolute atomic E-state index is 1.18. The van der Waals surface area contributed by atoms with Crippen LogP contribution < -0.4 is 0 Å². The van der Waals surface area contributed by atoms with Crippen LogP contribution in [0.3, 0.4) is 0 Å². The number of ether oxygens (including phenoxy) is 1. The zero-order valence-electron chi connectivity index (χ0n) is 4.64. The summed E-state index contributed by atoms with van der Waals surface area (Å²) < 4.78 is 4.36. The van der Waals surface area contributed by atoms with Gasteiger partial charge in [0.1, 0.15) is 0 Å². The molecule has 4 heteroatoms. The van der Waals surface area contributed by atoms with Crippen LogP contribution in [0.5, 0.6) is 0 Å². The molecule has 0 aliphatic rings. The maximum atomic E-state index is 10.00. The number of methoxy groups -OCH3 is 1. The van der Waals surface area contributed by atoms with Gasteiger partial charge in [-0.05, 0) is 6.92 Å². The molecule has 0 heterocycles. The van der Waals surface area contributed by atoms with E-state index in [0.29, 0.717) is 0 Å². The van der Waals surface area contributed by atoms with Gasteiger partial charge in [0.05, 0.1) is 0 Å². The molecule has 3 nitrogen and oxygen atoms in total. The van der Waals surface area contributed by atoms with Crippen LogP contribution in [0.1, 0.15) is 6.92 Å². The maximum absolute atomic E-state index is 10.00. The van der Waals surface area contributed by atoms with Crippen LogP contribution in [0.4, 0.5) is 0 Å². The number of hydrogen-bond donors (Lipinski definition) is 1. The fourth-order valence-corrected chi connectivity index (χ4v) is 0.0873. The van der Waals surface area contributed by atoms with Crippen LogP contribution >= 0.6 is 11.6 Å². The molecule has 8 heavy (non-hydrogen) atoms. The fourth-order valence-electron chi connectivity index (χ4n) is 0.0873. The van der Waals surface area contributed by atoms with E-state index in [-0.39, 0.29) is 0 Å². The van der Waals surface area contributed by atoms with E-state index >= 15 is 0 Å². The number of halogens is 1. The Labute approximate surface area is 52.2 Å². The normalized spacial score (nSPS) is 17.4. The molecule has 0 fully saturated rings. The molecule has 0 amide bonds. The number of aliphatic carboxylic acids is 1. The zero-order valence-corrected chi connectivity index (χ0v) is 5.40. The molecular formula is C4H7ClO3. The molecule has 0 bridgehead atoms. The first kappa shape index (κ1) is 7.72. The predicted octanol–water partition coefficient (Wildman–Crippen LogP) is 0.672. The van der Waals surface area contributed by atoms with Gasteiger partial charge in [-0.3, -0.25) is 0 Å². The largest absolute Gasteiger partial charge is 0.478 e. The van der Waals surface area contributed by atoms with Crippen molar-refractivity contribution in [3.05, 3.63) is 0 Å². The second-order valence-electron chi connectivity index (χ2n) is 1.43. The molecule has 0 aliphatic carbocycles. The molecule has 0 aromatic carbocycles. The SMILES string of the molecule is COC(C)(Cl)C(=O)O. The molecule has 48 valence electrons. The standard InChI is InChI=1S/C4H7ClO3/c1-4(5,8-2)3(6)7/h1-2H3,(H,6,7). The maximum Gasteiger partial charge on any atom is 0.351 e. The van der Waals surface area contributed by atoms with Gasteiger partial charge >= 0.3 is 5.97 Å². The first-order valence-corrected chi connectivity index (χ1v) is 2.36. The van der Waals surface area contributed by atoms with Gasteiger partial charge in [-0.1, -0.05) is 11.6 Å². The molecule has 0 saturated carbocycles. The lowest BCUT2D eigenvalue weighted by molar-refractivity contribution is -0.151. The summed E-state index contributed by atoms with van der Waals surface area (Å²) in [6.07, 6.45) is 0. The molecule has 0 rings (SSSR count). The van der Waals surface area contributed by atoms with E-state index in [0.717, 1.165) is 0 Å². The third-order valence-electron chi connectivity index (χ3n) is 0.765. The minimum atomic E-state index is -1.57. The number of carbonyl (C=O) groups is 1. The average molecular weight is 139 g/mol. The van der Waals surface area contributed by atoms with E-state index in [1.54, 1.807) is 0 Å². The molecule has 1 atom stereocenters. The van der Waals surface area contributed by atoms with Crippen LogP contribution in [0.25, 0.3) is 0 Å². The van der Waals surface area contributed by atoms with Crippen molar-refractivity contribution >= 4 is 17.6 Å². The van der Waals surface area contributed by atoms with E-state index in [1.165, 1.54) is 14.0 Å². The van der Waals surface area contributed by atoms with Gasteiger partial charge < -0.3 is 9.84 Å². The van der Waals surface area contributed by atoms with Gasteiger partial charge in [-0.25, -0.2) is 4.79 Å². The average Bonchev–Trinajstić information content (AvgIpc) is 1.67. The molecule has 1 unspecified atom stereocenters. The van der Waals surface area contributed by atoms with Crippen LogP contribution in [0.15, 0.2) is 0 Å². The summed E-state index contributed by atoms with van der Waals surface area (Å²) in [7, 11) is 1.24. The number of alkyl halides is 1. The first-order valence-electron chi connectivity index (χ1n) is 1.98. The topological polar surface area (TPSA) is 46.5 Å². The molecule has 0 spiro atoms. The van der Waals surface area contributed by atoms with E-state index in [1.807, 2.05) is 0 Å². The van der Waals surface area contributed by atoms with Gasteiger partial charge in [-0.2, -0.15) is 0 Å². The van der Waals surface area contributed by atoms with Crippen molar-refractivity contribution in [1.29, 1.82) is 0 Å². The lowest BCUT2D eigenvalue weighted by atomic mass is 10.4. The van der Waals surface area contributed by atoms with Crippen molar-refractivity contribution in [2.45, 2.75) is 12.0 Å². The summed E-state index contributed by atoms with van der Waals surface area (Å²) >= 11 is 5.23. The summed E-state index contributed by atoms with van der Waals surface area (Å²) in [4.78, 5) is 10.00. The van der Waals surface area contributed by atoms with Crippen molar-refractivity contribution in [2.75, 3.05) is 7.11 Å². The highest BCUT2D eigenvalue weighted by atomic mass is 35.5. The molecule has 1 N–H and O–H groups in total. The highest BCUT2D eigenvalue weighted by molar-refractivity contribution is 6.32. The molecule has 0 saturated heterocycles. The van der Waals surface area contributed by atoms with Gasteiger partial charge in [0, 0.05) is 7.11 Å². The van der Waals surface area contributed by atoms with Crippen molar-refractivity contribution < 1.29 is 14.6 Å². The molecule has 0 radical (unpaired) electrons.